The lowest BCUT2D eigenvalue weighted by Crippen LogP contribution is -2.44. The number of likely N-dealkylation sites (tertiary alicyclic amines) is 1. The number of halogens is 2. The molecule has 1 saturated heterocycles. The van der Waals surface area contributed by atoms with Crippen LogP contribution in [0.1, 0.15) is 52.0 Å². The van der Waals surface area contributed by atoms with Crippen molar-refractivity contribution in [2.45, 2.75) is 58.1 Å². The van der Waals surface area contributed by atoms with Gasteiger partial charge >= 0.3 is 12.1 Å². The van der Waals surface area contributed by atoms with E-state index in [0.717, 1.165) is 0 Å². The molecule has 154 valence electrons. The third-order valence-electron chi connectivity index (χ3n) is 4.32. The van der Waals surface area contributed by atoms with Gasteiger partial charge in [-0.3, -0.25) is 14.5 Å². The van der Waals surface area contributed by atoms with E-state index in [1.807, 2.05) is 0 Å². The average molecular weight is 458 g/mol. The van der Waals surface area contributed by atoms with Crippen LogP contribution < -0.4 is 0 Å². The molecule has 1 amide bonds. The van der Waals surface area contributed by atoms with Crippen LogP contribution in [0.5, 0.6) is 0 Å². The Morgan fingerprint density at radius 1 is 1.29 bits per heavy atom. The molecule has 8 heteroatoms. The minimum Gasteiger partial charge on any atom is -0.466 e. The Balaban J connectivity index is 2.27. The highest BCUT2D eigenvalue weighted by Gasteiger charge is 2.43. The molecule has 2 atom stereocenters. The highest BCUT2D eigenvalue weighted by molar-refractivity contribution is 9.10. The van der Waals surface area contributed by atoms with Crippen molar-refractivity contribution in [3.8, 4) is 0 Å². The van der Waals surface area contributed by atoms with Crippen LogP contribution in [-0.4, -0.2) is 47.5 Å². The third kappa shape index (κ3) is 5.77. The maximum absolute atomic E-state index is 14.3. The first-order valence-corrected chi connectivity index (χ1v) is 9.94. The molecular weight excluding hydrogens is 433 g/mol. The molecule has 0 spiro atoms. The molecule has 1 unspecified atom stereocenters. The maximum Gasteiger partial charge on any atom is 0.410 e. The van der Waals surface area contributed by atoms with Crippen molar-refractivity contribution < 1.29 is 28.2 Å². The lowest BCUT2D eigenvalue weighted by atomic mass is 9.94. The minimum atomic E-state index is -0.873. The molecule has 0 bridgehead atoms. The number of hydrogen-bond donors (Lipinski definition) is 0. The minimum absolute atomic E-state index is 0.127. The van der Waals surface area contributed by atoms with Crippen LogP contribution in [0, 0.1) is 5.82 Å². The van der Waals surface area contributed by atoms with Crippen LogP contribution in [0.2, 0.25) is 0 Å². The summed E-state index contributed by atoms with van der Waals surface area (Å²) in [6.07, 6.45) is -0.885. The first-order valence-electron chi connectivity index (χ1n) is 9.14. The van der Waals surface area contributed by atoms with Crippen molar-refractivity contribution in [2.24, 2.45) is 0 Å². The molecule has 6 nitrogen and oxygen atoms in total. The molecule has 0 aliphatic carbocycles. The Kier molecular flexibility index (Phi) is 7.20. The summed E-state index contributed by atoms with van der Waals surface area (Å²) in [7, 11) is 0. The fourth-order valence-corrected chi connectivity index (χ4v) is 3.57. The van der Waals surface area contributed by atoms with Crippen LogP contribution in [0.25, 0.3) is 0 Å². The van der Waals surface area contributed by atoms with Gasteiger partial charge in [-0.15, -0.1) is 0 Å². The van der Waals surface area contributed by atoms with Crippen molar-refractivity contribution in [3.05, 3.63) is 34.1 Å². The summed E-state index contributed by atoms with van der Waals surface area (Å²) in [6, 6.07) is 3.70. The summed E-state index contributed by atoms with van der Waals surface area (Å²) in [5, 5.41) is 0. The lowest BCUT2D eigenvalue weighted by molar-refractivity contribution is -0.146. The lowest BCUT2D eigenvalue weighted by Gasteiger charge is -2.27. The average Bonchev–Trinajstić information content (AvgIpc) is 3.01. The third-order valence-corrected chi connectivity index (χ3v) is 4.82. The normalized spacial score (nSPS) is 19.4. The zero-order valence-electron chi connectivity index (χ0n) is 16.5. The van der Waals surface area contributed by atoms with E-state index in [4.69, 9.17) is 9.47 Å². The summed E-state index contributed by atoms with van der Waals surface area (Å²) in [5.74, 6) is -1.88. The maximum atomic E-state index is 14.3. The summed E-state index contributed by atoms with van der Waals surface area (Å²) >= 11 is 3.32. The van der Waals surface area contributed by atoms with Crippen LogP contribution in [-0.2, 0) is 19.1 Å². The van der Waals surface area contributed by atoms with Gasteiger partial charge in [0.1, 0.15) is 17.8 Å². The predicted molar refractivity (Wildman–Crippen MR) is 104 cm³/mol. The SMILES string of the molecule is CCOC(=O)CC(=O)C1C[C@@H](c2cc(Br)ccc2F)CN1C(=O)OC(C)(C)C. The first kappa shape index (κ1) is 22.3. The summed E-state index contributed by atoms with van der Waals surface area (Å²) in [6.45, 7) is 7.11. The van der Waals surface area contributed by atoms with Gasteiger partial charge in [-0.05, 0) is 57.9 Å². The number of nitrogens with zero attached hydrogens (tertiary/aromatic N) is 1. The standard InChI is InChI=1S/C20H25BrFNO5/c1-5-27-18(25)10-17(24)16-8-12(14-9-13(21)6-7-15(14)22)11-23(16)19(26)28-20(2,3)4/h6-7,9,12,16H,5,8,10-11H2,1-4H3/t12-,16?/m1/s1. The van der Waals surface area contributed by atoms with E-state index in [2.05, 4.69) is 15.9 Å². The summed E-state index contributed by atoms with van der Waals surface area (Å²) < 4.78 is 25.3. The molecule has 1 aromatic carbocycles. The monoisotopic (exact) mass is 457 g/mol. The van der Waals surface area contributed by atoms with Gasteiger partial charge in [0.2, 0.25) is 0 Å². The zero-order valence-corrected chi connectivity index (χ0v) is 18.0. The molecule has 0 radical (unpaired) electrons. The van der Waals surface area contributed by atoms with Gasteiger partial charge in [-0.1, -0.05) is 15.9 Å². The van der Waals surface area contributed by atoms with Gasteiger partial charge in [0.05, 0.1) is 12.6 Å². The van der Waals surface area contributed by atoms with Crippen molar-refractivity contribution in [1.82, 2.24) is 4.90 Å². The Morgan fingerprint density at radius 2 is 1.96 bits per heavy atom. The number of benzene rings is 1. The topological polar surface area (TPSA) is 72.9 Å². The second-order valence-electron chi connectivity index (χ2n) is 7.70. The van der Waals surface area contributed by atoms with E-state index in [-0.39, 0.29) is 25.5 Å². The number of hydrogen-bond acceptors (Lipinski definition) is 5. The van der Waals surface area contributed by atoms with Crippen LogP contribution in [0.3, 0.4) is 0 Å². The van der Waals surface area contributed by atoms with Gasteiger partial charge in [-0.25, -0.2) is 9.18 Å². The molecule has 1 heterocycles. The summed E-state index contributed by atoms with van der Waals surface area (Å²) in [4.78, 5) is 38.3. The molecule has 1 aromatic rings. The molecule has 1 fully saturated rings. The van der Waals surface area contributed by atoms with Crippen molar-refractivity contribution in [1.29, 1.82) is 0 Å². The molecule has 1 aliphatic rings. The van der Waals surface area contributed by atoms with Crippen LogP contribution in [0.4, 0.5) is 9.18 Å². The number of ketones is 1. The molecule has 2 rings (SSSR count). The molecule has 1 aliphatic heterocycles. The number of carbonyl (C=O) groups is 3. The number of rotatable bonds is 5. The fraction of sp³-hybridized carbons (Fsp3) is 0.550. The smallest absolute Gasteiger partial charge is 0.410 e. The van der Waals surface area contributed by atoms with E-state index in [1.54, 1.807) is 39.8 Å². The molecular formula is C20H25BrFNO5. The second-order valence-corrected chi connectivity index (χ2v) is 8.61. The fourth-order valence-electron chi connectivity index (χ4n) is 3.19. The number of esters is 1. The van der Waals surface area contributed by atoms with E-state index in [1.165, 1.54) is 11.0 Å². The van der Waals surface area contributed by atoms with Crippen molar-refractivity contribution in [2.75, 3.05) is 13.2 Å². The molecule has 0 aromatic heterocycles. The molecule has 0 N–H and O–H groups in total. The van der Waals surface area contributed by atoms with Gasteiger partial charge in [0.25, 0.3) is 0 Å². The second kappa shape index (κ2) is 9.03. The van der Waals surface area contributed by atoms with Gasteiger partial charge < -0.3 is 9.47 Å². The van der Waals surface area contributed by atoms with E-state index in [0.29, 0.717) is 10.0 Å². The van der Waals surface area contributed by atoms with Gasteiger partial charge in [0, 0.05) is 16.9 Å². The van der Waals surface area contributed by atoms with E-state index < -0.39 is 41.7 Å². The molecule has 0 saturated carbocycles. The van der Waals surface area contributed by atoms with Crippen LogP contribution in [0.15, 0.2) is 22.7 Å². The van der Waals surface area contributed by atoms with Crippen LogP contribution >= 0.6 is 15.9 Å². The number of Topliss-reactive ketones (excluding diaryl/α,β-unsaturated/α-hetero) is 1. The Morgan fingerprint density at radius 3 is 2.57 bits per heavy atom. The van der Waals surface area contributed by atoms with Crippen molar-refractivity contribution in [3.63, 3.8) is 0 Å². The first-order chi connectivity index (χ1) is 13.0. The zero-order chi connectivity index (χ0) is 21.1. The number of carbonyl (C=O) groups excluding carboxylic acids is 3. The quantitative estimate of drug-likeness (QED) is 0.489. The highest BCUT2D eigenvalue weighted by atomic mass is 79.9. The predicted octanol–water partition coefficient (Wildman–Crippen LogP) is 4.20. The summed E-state index contributed by atoms with van der Waals surface area (Å²) in [5.41, 5.74) is -0.334. The van der Waals surface area contributed by atoms with Gasteiger partial charge in [0.15, 0.2) is 5.78 Å². The van der Waals surface area contributed by atoms with E-state index in [9.17, 15) is 18.8 Å². The van der Waals surface area contributed by atoms with E-state index >= 15 is 0 Å². The highest BCUT2D eigenvalue weighted by Crippen LogP contribution is 2.36. The number of amides is 1. The van der Waals surface area contributed by atoms with Crippen molar-refractivity contribution >= 4 is 33.8 Å². The number of ether oxygens (including phenoxy) is 2. The Hall–Kier alpha value is -1.96. The molecule has 28 heavy (non-hydrogen) atoms. The Bertz CT molecular complexity index is 761. The largest absolute Gasteiger partial charge is 0.466 e. The Labute approximate surface area is 172 Å². The van der Waals surface area contributed by atoms with Gasteiger partial charge in [-0.2, -0.15) is 0 Å².